The summed E-state index contributed by atoms with van der Waals surface area (Å²) in [7, 11) is 0. The number of nitrogens with zero attached hydrogens (tertiary/aromatic N) is 2. The molecule has 1 rings (SSSR count). The van der Waals surface area contributed by atoms with Crippen molar-refractivity contribution in [3.05, 3.63) is 32.7 Å². The number of aromatic nitrogens is 1. The molecule has 0 saturated carbocycles. The fourth-order valence-corrected chi connectivity index (χ4v) is 0.939. The molecule has 0 radical (unpaired) electrons. The molecular weight excluding hydrogens is 176 g/mol. The molecule has 0 amide bonds. The lowest BCUT2D eigenvalue weighted by Gasteiger charge is -2.01. The number of rotatable bonds is 2. The first kappa shape index (κ1) is 9.24. The van der Waals surface area contributed by atoms with Gasteiger partial charge in [0.1, 0.15) is 0 Å². The van der Waals surface area contributed by atoms with E-state index in [2.05, 4.69) is 0 Å². The van der Waals surface area contributed by atoms with Crippen molar-refractivity contribution in [2.75, 3.05) is 0 Å². The second kappa shape index (κ2) is 3.26. The van der Waals surface area contributed by atoms with Crippen molar-refractivity contribution < 1.29 is 10.0 Å². The lowest BCUT2D eigenvalue weighted by Crippen LogP contribution is -2.17. The molecule has 1 aromatic heterocycles. The highest BCUT2D eigenvalue weighted by Crippen LogP contribution is 2.21. The van der Waals surface area contributed by atoms with Crippen molar-refractivity contribution in [1.82, 2.24) is 4.57 Å². The summed E-state index contributed by atoms with van der Waals surface area (Å²) in [6.07, 6.45) is 1.03. The molecule has 0 fully saturated rings. The molecule has 70 valence electrons. The first-order chi connectivity index (χ1) is 6.06. The van der Waals surface area contributed by atoms with Gasteiger partial charge in [0.05, 0.1) is 17.2 Å². The summed E-state index contributed by atoms with van der Waals surface area (Å²) < 4.78 is 1.15. The minimum absolute atomic E-state index is 0.333. The van der Waals surface area contributed by atoms with Crippen molar-refractivity contribution >= 4 is 5.69 Å². The molecule has 13 heavy (non-hydrogen) atoms. The second-order valence-corrected chi connectivity index (χ2v) is 2.43. The number of nitro groups is 1. The Labute approximate surface area is 73.2 Å². The molecule has 0 spiro atoms. The van der Waals surface area contributed by atoms with Gasteiger partial charge in [-0.2, -0.15) is 0 Å². The highest BCUT2D eigenvalue weighted by molar-refractivity contribution is 5.42. The molecule has 0 aliphatic carbocycles. The maximum absolute atomic E-state index is 11.0. The smallest absolute Gasteiger partial charge is 0.326 e. The Balaban J connectivity index is 3.39. The van der Waals surface area contributed by atoms with Gasteiger partial charge in [-0.3, -0.25) is 14.9 Å². The summed E-state index contributed by atoms with van der Waals surface area (Å²) in [6.45, 7) is 2.02. The van der Waals surface area contributed by atoms with Crippen molar-refractivity contribution in [3.8, 4) is 5.75 Å². The van der Waals surface area contributed by atoms with Crippen LogP contribution in [-0.2, 0) is 6.54 Å². The van der Waals surface area contributed by atoms with Crippen LogP contribution < -0.4 is 5.56 Å². The molecule has 1 aromatic rings. The Hall–Kier alpha value is -1.85. The summed E-state index contributed by atoms with van der Waals surface area (Å²) in [6, 6.07) is 0.835. The number of pyridine rings is 1. The van der Waals surface area contributed by atoms with E-state index in [-0.39, 0.29) is 0 Å². The van der Waals surface area contributed by atoms with Gasteiger partial charge in [0, 0.05) is 6.54 Å². The second-order valence-electron chi connectivity index (χ2n) is 2.43. The summed E-state index contributed by atoms with van der Waals surface area (Å²) in [5, 5.41) is 19.4. The zero-order valence-corrected chi connectivity index (χ0v) is 6.93. The van der Waals surface area contributed by atoms with Crippen LogP contribution in [0.1, 0.15) is 6.92 Å². The normalized spacial score (nSPS) is 9.92. The van der Waals surface area contributed by atoms with E-state index in [1.807, 2.05) is 0 Å². The highest BCUT2D eigenvalue weighted by Gasteiger charge is 2.14. The molecule has 0 unspecified atom stereocenters. The standard InChI is InChI=1S/C7H8N2O4/c1-2-8-4-5(9(12)13)6(10)3-7(8)11/h3-4,10H,2H2,1H3. The Bertz CT molecular complexity index is 396. The molecule has 0 atom stereocenters. The van der Waals surface area contributed by atoms with Crippen molar-refractivity contribution in [1.29, 1.82) is 0 Å². The van der Waals surface area contributed by atoms with E-state index < -0.39 is 21.9 Å². The quantitative estimate of drug-likeness (QED) is 0.535. The minimum Gasteiger partial charge on any atom is -0.502 e. The van der Waals surface area contributed by atoms with Gasteiger partial charge >= 0.3 is 5.69 Å². The molecule has 1 N–H and O–H groups in total. The molecule has 0 aliphatic rings. The van der Waals surface area contributed by atoms with Gasteiger partial charge in [-0.05, 0) is 6.92 Å². The van der Waals surface area contributed by atoms with Gasteiger partial charge in [0.25, 0.3) is 5.56 Å². The van der Waals surface area contributed by atoms with Crippen LogP contribution in [0.25, 0.3) is 0 Å². The van der Waals surface area contributed by atoms with Gasteiger partial charge in [0.2, 0.25) is 5.75 Å². The Morgan fingerprint density at radius 2 is 2.31 bits per heavy atom. The van der Waals surface area contributed by atoms with Crippen LogP contribution in [-0.4, -0.2) is 14.6 Å². The van der Waals surface area contributed by atoms with Crippen LogP contribution in [0.3, 0.4) is 0 Å². The van der Waals surface area contributed by atoms with Crippen molar-refractivity contribution in [3.63, 3.8) is 0 Å². The summed E-state index contributed by atoms with van der Waals surface area (Å²) >= 11 is 0. The van der Waals surface area contributed by atoms with E-state index in [0.29, 0.717) is 6.54 Å². The number of hydrogen-bond acceptors (Lipinski definition) is 4. The number of hydrogen-bond donors (Lipinski definition) is 1. The third-order valence-corrected chi connectivity index (χ3v) is 1.62. The van der Waals surface area contributed by atoms with E-state index in [4.69, 9.17) is 5.11 Å². The van der Waals surface area contributed by atoms with Crippen molar-refractivity contribution in [2.45, 2.75) is 13.5 Å². The van der Waals surface area contributed by atoms with Crippen LogP contribution in [0.2, 0.25) is 0 Å². The Morgan fingerprint density at radius 3 is 2.77 bits per heavy atom. The molecule has 6 nitrogen and oxygen atoms in total. The fourth-order valence-electron chi connectivity index (χ4n) is 0.939. The average molecular weight is 184 g/mol. The number of aryl methyl sites for hydroxylation is 1. The summed E-state index contributed by atoms with van der Waals surface area (Å²) in [5.41, 5.74) is -0.910. The maximum atomic E-state index is 11.0. The Morgan fingerprint density at radius 1 is 1.69 bits per heavy atom. The molecule has 0 aliphatic heterocycles. The molecule has 6 heteroatoms. The van der Waals surface area contributed by atoms with Crippen molar-refractivity contribution in [2.24, 2.45) is 0 Å². The fraction of sp³-hybridized carbons (Fsp3) is 0.286. The molecule has 0 bridgehead atoms. The van der Waals surface area contributed by atoms with Gasteiger partial charge in [-0.15, -0.1) is 0 Å². The van der Waals surface area contributed by atoms with Gasteiger partial charge in [-0.1, -0.05) is 0 Å². The van der Waals surface area contributed by atoms with Crippen LogP contribution in [0.15, 0.2) is 17.1 Å². The van der Waals surface area contributed by atoms with E-state index in [0.717, 1.165) is 16.8 Å². The third-order valence-electron chi connectivity index (χ3n) is 1.62. The highest BCUT2D eigenvalue weighted by atomic mass is 16.6. The molecule has 0 aromatic carbocycles. The molecule has 1 heterocycles. The maximum Gasteiger partial charge on any atom is 0.326 e. The van der Waals surface area contributed by atoms with E-state index >= 15 is 0 Å². The zero-order chi connectivity index (χ0) is 10.0. The minimum atomic E-state index is -0.735. The largest absolute Gasteiger partial charge is 0.502 e. The first-order valence-electron chi connectivity index (χ1n) is 3.64. The van der Waals surface area contributed by atoms with E-state index in [1.165, 1.54) is 0 Å². The van der Waals surface area contributed by atoms with Gasteiger partial charge < -0.3 is 9.67 Å². The van der Waals surface area contributed by atoms with Gasteiger partial charge in [0.15, 0.2) is 0 Å². The lowest BCUT2D eigenvalue weighted by atomic mass is 10.4. The van der Waals surface area contributed by atoms with Crippen LogP contribution in [0, 0.1) is 10.1 Å². The van der Waals surface area contributed by atoms with Gasteiger partial charge in [-0.25, -0.2) is 0 Å². The zero-order valence-electron chi connectivity index (χ0n) is 6.93. The predicted molar refractivity (Wildman–Crippen MR) is 44.7 cm³/mol. The summed E-state index contributed by atoms with van der Waals surface area (Å²) in [4.78, 5) is 20.6. The predicted octanol–water partition coefficient (Wildman–Crippen LogP) is 0.482. The molecule has 0 saturated heterocycles. The topological polar surface area (TPSA) is 85.4 Å². The molecular formula is C7H8N2O4. The van der Waals surface area contributed by atoms with Crippen LogP contribution >= 0.6 is 0 Å². The van der Waals surface area contributed by atoms with Crippen LogP contribution in [0.4, 0.5) is 5.69 Å². The lowest BCUT2D eigenvalue weighted by molar-refractivity contribution is -0.386. The SMILES string of the molecule is CCn1cc([N+](=O)[O-])c(O)cc1=O. The third kappa shape index (κ3) is 1.66. The monoisotopic (exact) mass is 184 g/mol. The number of aromatic hydroxyl groups is 1. The first-order valence-corrected chi connectivity index (χ1v) is 3.64. The van der Waals surface area contributed by atoms with Crippen LogP contribution in [0.5, 0.6) is 5.75 Å². The summed E-state index contributed by atoms with van der Waals surface area (Å²) in [5.74, 6) is -0.597. The Kier molecular flexibility index (Phi) is 2.32. The van der Waals surface area contributed by atoms with E-state index in [9.17, 15) is 14.9 Å². The van der Waals surface area contributed by atoms with E-state index in [1.54, 1.807) is 6.92 Å². The average Bonchev–Trinajstić information content (AvgIpc) is 2.03.